The first-order valence-corrected chi connectivity index (χ1v) is 9.22. The number of hydrogen-bond acceptors (Lipinski definition) is 5. The lowest BCUT2D eigenvalue weighted by molar-refractivity contribution is 0.115. The van der Waals surface area contributed by atoms with Gasteiger partial charge in [-0.3, -0.25) is 4.90 Å². The molecule has 1 aliphatic carbocycles. The zero-order valence-corrected chi connectivity index (χ0v) is 13.6. The van der Waals surface area contributed by atoms with Crippen LogP contribution in [0.3, 0.4) is 0 Å². The molecule has 0 spiro atoms. The molecule has 1 aromatic heterocycles. The van der Waals surface area contributed by atoms with Gasteiger partial charge < -0.3 is 10.0 Å². The summed E-state index contributed by atoms with van der Waals surface area (Å²) in [5.74, 6) is 0. The van der Waals surface area contributed by atoms with Gasteiger partial charge in [0, 0.05) is 30.1 Å². The minimum Gasteiger partial charge on any atom is -0.387 e. The summed E-state index contributed by atoms with van der Waals surface area (Å²) in [7, 11) is 0. The van der Waals surface area contributed by atoms with Crippen molar-refractivity contribution >= 4 is 16.5 Å². The van der Waals surface area contributed by atoms with Crippen molar-refractivity contribution in [3.63, 3.8) is 0 Å². The summed E-state index contributed by atoms with van der Waals surface area (Å²) < 4.78 is 0. The number of rotatable bonds is 1. The number of aryl methyl sites for hydroxylation is 1. The average molecular weight is 307 g/mol. The van der Waals surface area contributed by atoms with Crippen molar-refractivity contribution in [2.75, 3.05) is 24.5 Å². The van der Waals surface area contributed by atoms with E-state index in [2.05, 4.69) is 16.7 Å². The molecule has 5 heteroatoms. The molecule has 0 saturated carbocycles. The van der Waals surface area contributed by atoms with E-state index in [9.17, 15) is 5.11 Å². The Hall–Kier alpha value is -0.650. The molecule has 3 unspecified atom stereocenters. The highest BCUT2D eigenvalue weighted by Gasteiger charge is 2.35. The highest BCUT2D eigenvalue weighted by Crippen LogP contribution is 2.38. The summed E-state index contributed by atoms with van der Waals surface area (Å²) in [6, 6.07) is 1.24. The van der Waals surface area contributed by atoms with E-state index >= 15 is 0 Å². The first-order valence-electron chi connectivity index (χ1n) is 8.40. The molecule has 3 atom stereocenters. The quantitative estimate of drug-likeness (QED) is 0.865. The van der Waals surface area contributed by atoms with Gasteiger partial charge in [0.05, 0.1) is 11.8 Å². The highest BCUT2D eigenvalue weighted by atomic mass is 32.1. The van der Waals surface area contributed by atoms with Crippen LogP contribution in [0.1, 0.15) is 55.7 Å². The van der Waals surface area contributed by atoms with Crippen LogP contribution in [0.4, 0.5) is 5.13 Å². The van der Waals surface area contributed by atoms with Gasteiger partial charge in [-0.15, -0.1) is 11.3 Å². The number of nitrogens with zero attached hydrogens (tertiary/aromatic N) is 3. The molecule has 1 N–H and O–H groups in total. The number of anilines is 1. The third-order valence-electron chi connectivity index (χ3n) is 5.35. The van der Waals surface area contributed by atoms with Crippen LogP contribution in [0.2, 0.25) is 0 Å². The minimum absolute atomic E-state index is 0.329. The Labute approximate surface area is 130 Å². The van der Waals surface area contributed by atoms with Crippen LogP contribution >= 0.6 is 11.3 Å². The summed E-state index contributed by atoms with van der Waals surface area (Å²) in [5, 5.41) is 11.3. The topological polar surface area (TPSA) is 39.6 Å². The van der Waals surface area contributed by atoms with E-state index in [0.29, 0.717) is 12.1 Å². The molecule has 116 valence electrons. The fourth-order valence-corrected chi connectivity index (χ4v) is 5.39. The van der Waals surface area contributed by atoms with Crippen LogP contribution in [-0.2, 0) is 6.42 Å². The smallest absolute Gasteiger partial charge is 0.186 e. The summed E-state index contributed by atoms with van der Waals surface area (Å²) in [6.07, 6.45) is 6.81. The van der Waals surface area contributed by atoms with Crippen LogP contribution in [-0.4, -0.2) is 46.7 Å². The van der Waals surface area contributed by atoms with E-state index in [-0.39, 0.29) is 6.10 Å². The van der Waals surface area contributed by atoms with Crippen LogP contribution in [0.5, 0.6) is 0 Å². The first-order chi connectivity index (χ1) is 10.2. The molecule has 3 heterocycles. The highest BCUT2D eigenvalue weighted by molar-refractivity contribution is 7.15. The molecule has 2 fully saturated rings. The van der Waals surface area contributed by atoms with E-state index in [1.54, 1.807) is 0 Å². The summed E-state index contributed by atoms with van der Waals surface area (Å²) in [5.41, 5.74) is 0.972. The predicted octanol–water partition coefficient (Wildman–Crippen LogP) is 2.58. The van der Waals surface area contributed by atoms with E-state index in [1.807, 2.05) is 11.3 Å². The SMILES string of the molecule is CC1CN2CCCCC2CN1c1nc2c(s1)CCCC2O. The molecule has 21 heavy (non-hydrogen) atoms. The number of aliphatic hydroxyl groups excluding tert-OH is 1. The predicted molar refractivity (Wildman–Crippen MR) is 86.0 cm³/mol. The second-order valence-electron chi connectivity index (χ2n) is 6.86. The normalized spacial score (nSPS) is 33.6. The number of hydrogen-bond donors (Lipinski definition) is 1. The third kappa shape index (κ3) is 2.49. The molecule has 4 rings (SSSR count). The Morgan fingerprint density at radius 2 is 2.10 bits per heavy atom. The molecule has 0 bridgehead atoms. The van der Waals surface area contributed by atoms with Crippen molar-refractivity contribution in [3.05, 3.63) is 10.6 Å². The molecular formula is C16H25N3OS. The Kier molecular flexibility index (Phi) is 3.67. The number of thiazole rings is 1. The molecule has 0 amide bonds. The maximum atomic E-state index is 10.1. The van der Waals surface area contributed by atoms with Crippen LogP contribution in [0.15, 0.2) is 0 Å². The van der Waals surface area contributed by atoms with Crippen LogP contribution in [0.25, 0.3) is 0 Å². The molecule has 4 nitrogen and oxygen atoms in total. The molecule has 0 aromatic carbocycles. The zero-order valence-electron chi connectivity index (χ0n) is 12.8. The number of piperazine rings is 1. The van der Waals surface area contributed by atoms with E-state index in [0.717, 1.165) is 43.2 Å². The zero-order chi connectivity index (χ0) is 14.4. The lowest BCUT2D eigenvalue weighted by Gasteiger charge is -2.47. The van der Waals surface area contributed by atoms with E-state index < -0.39 is 0 Å². The molecule has 2 aliphatic heterocycles. The van der Waals surface area contributed by atoms with Crippen LogP contribution in [0, 0.1) is 0 Å². The van der Waals surface area contributed by atoms with Gasteiger partial charge in [-0.25, -0.2) is 4.98 Å². The fourth-order valence-electron chi connectivity index (χ4n) is 4.12. The standard InChI is InChI=1S/C16H25N3OS/c1-11-9-18-8-3-2-5-12(18)10-19(11)16-17-15-13(20)6-4-7-14(15)21-16/h11-13,20H,2-10H2,1H3. The summed E-state index contributed by atoms with van der Waals surface area (Å²) in [6.45, 7) is 5.87. The van der Waals surface area contributed by atoms with Crippen molar-refractivity contribution in [1.29, 1.82) is 0 Å². The van der Waals surface area contributed by atoms with Crippen molar-refractivity contribution in [1.82, 2.24) is 9.88 Å². The molecule has 3 aliphatic rings. The number of fused-ring (bicyclic) bond motifs is 2. The maximum absolute atomic E-state index is 10.1. The summed E-state index contributed by atoms with van der Waals surface area (Å²) >= 11 is 1.83. The monoisotopic (exact) mass is 307 g/mol. The maximum Gasteiger partial charge on any atom is 0.186 e. The number of aromatic nitrogens is 1. The Morgan fingerprint density at radius 3 is 2.95 bits per heavy atom. The first kappa shape index (κ1) is 14.0. The van der Waals surface area contributed by atoms with Crippen molar-refractivity contribution < 1.29 is 5.11 Å². The minimum atomic E-state index is -0.329. The second-order valence-corrected chi connectivity index (χ2v) is 7.92. The third-order valence-corrected chi connectivity index (χ3v) is 6.51. The fraction of sp³-hybridized carbons (Fsp3) is 0.812. The Morgan fingerprint density at radius 1 is 1.19 bits per heavy atom. The van der Waals surface area contributed by atoms with Crippen molar-refractivity contribution in [3.8, 4) is 0 Å². The number of piperidine rings is 1. The van der Waals surface area contributed by atoms with Crippen LogP contribution < -0.4 is 4.90 Å². The van der Waals surface area contributed by atoms with Gasteiger partial charge in [-0.1, -0.05) is 6.42 Å². The van der Waals surface area contributed by atoms with Gasteiger partial charge in [0.1, 0.15) is 0 Å². The van der Waals surface area contributed by atoms with Crippen molar-refractivity contribution in [2.24, 2.45) is 0 Å². The molecule has 2 saturated heterocycles. The molecule has 0 radical (unpaired) electrons. The van der Waals surface area contributed by atoms with Gasteiger partial charge in [-0.05, 0) is 45.6 Å². The lowest BCUT2D eigenvalue weighted by atomic mass is 9.97. The van der Waals surface area contributed by atoms with Gasteiger partial charge >= 0.3 is 0 Å². The summed E-state index contributed by atoms with van der Waals surface area (Å²) in [4.78, 5) is 11.3. The van der Waals surface area contributed by atoms with Gasteiger partial charge in [0.25, 0.3) is 0 Å². The van der Waals surface area contributed by atoms with Gasteiger partial charge in [0.15, 0.2) is 5.13 Å². The van der Waals surface area contributed by atoms with E-state index in [1.165, 1.54) is 30.7 Å². The average Bonchev–Trinajstić information content (AvgIpc) is 2.92. The van der Waals surface area contributed by atoms with Crippen molar-refractivity contribution in [2.45, 2.75) is 63.6 Å². The van der Waals surface area contributed by atoms with E-state index in [4.69, 9.17) is 4.98 Å². The second kappa shape index (κ2) is 5.52. The largest absolute Gasteiger partial charge is 0.387 e. The van der Waals surface area contributed by atoms with Gasteiger partial charge in [0.2, 0.25) is 0 Å². The van der Waals surface area contributed by atoms with Gasteiger partial charge in [-0.2, -0.15) is 0 Å². The molecular weight excluding hydrogens is 282 g/mol. The number of aliphatic hydroxyl groups is 1. The Bertz CT molecular complexity index is 518. The molecule has 1 aromatic rings. The Balaban J connectivity index is 1.58. The lowest BCUT2D eigenvalue weighted by Crippen LogP contribution is -2.58.